The molecule has 0 bridgehead atoms. The first kappa shape index (κ1) is 27.3. The van der Waals surface area contributed by atoms with Gasteiger partial charge in [-0.1, -0.05) is 45.8 Å². The summed E-state index contributed by atoms with van der Waals surface area (Å²) in [6, 6.07) is 4.71. The fraction of sp³-hybridized carbons (Fsp3) is 0.552. The van der Waals surface area contributed by atoms with Crippen LogP contribution in [0.5, 0.6) is 5.75 Å². The molecule has 1 aliphatic carbocycles. The molecule has 208 valence electrons. The van der Waals surface area contributed by atoms with Crippen molar-refractivity contribution in [2.24, 2.45) is 5.92 Å². The van der Waals surface area contributed by atoms with Gasteiger partial charge in [0.25, 0.3) is 5.91 Å². The molecule has 0 radical (unpaired) electrons. The molecule has 1 aliphatic heterocycles. The summed E-state index contributed by atoms with van der Waals surface area (Å²) in [5.74, 6) is -0.0333. The summed E-state index contributed by atoms with van der Waals surface area (Å²) in [5, 5.41) is 17.6. The lowest BCUT2D eigenvalue weighted by Crippen LogP contribution is -2.54. The Kier molecular flexibility index (Phi) is 7.03. The highest BCUT2D eigenvalue weighted by molar-refractivity contribution is 7.09. The van der Waals surface area contributed by atoms with E-state index in [1.54, 1.807) is 25.4 Å². The predicted molar refractivity (Wildman–Crippen MR) is 146 cm³/mol. The second-order valence-electron chi connectivity index (χ2n) is 12.2. The number of aliphatic carboxylic acids is 1. The Hall–Kier alpha value is -3.27. The van der Waals surface area contributed by atoms with Gasteiger partial charge in [0.05, 0.1) is 19.1 Å². The zero-order chi connectivity index (χ0) is 28.1. The molecule has 39 heavy (non-hydrogen) atoms. The Labute approximate surface area is 232 Å². The molecule has 0 unspecified atom stereocenters. The van der Waals surface area contributed by atoms with Crippen molar-refractivity contribution in [3.8, 4) is 5.75 Å². The van der Waals surface area contributed by atoms with Gasteiger partial charge in [0.1, 0.15) is 16.3 Å². The number of carbonyl (C=O) groups excluding carboxylic acids is 1. The number of ether oxygens (including phenoxy) is 1. The molecule has 3 aromatic rings. The number of carbonyl (C=O) groups is 2. The number of methoxy groups -OCH3 is 1. The number of carboxylic acids is 1. The molecule has 1 saturated carbocycles. The number of thiazole rings is 1. The van der Waals surface area contributed by atoms with Gasteiger partial charge in [-0.3, -0.25) is 4.79 Å². The fourth-order valence-electron chi connectivity index (χ4n) is 5.85. The van der Waals surface area contributed by atoms with Crippen molar-refractivity contribution in [3.63, 3.8) is 0 Å². The van der Waals surface area contributed by atoms with Crippen molar-refractivity contribution in [1.82, 2.24) is 20.0 Å². The molecule has 0 spiro atoms. The van der Waals surface area contributed by atoms with Gasteiger partial charge >= 0.3 is 5.97 Å². The highest BCUT2D eigenvalue weighted by atomic mass is 32.1. The number of likely N-dealkylation sites (tertiary alicyclic amines) is 1. The Morgan fingerprint density at radius 2 is 2.03 bits per heavy atom. The van der Waals surface area contributed by atoms with Crippen LogP contribution in [0.15, 0.2) is 34.3 Å². The van der Waals surface area contributed by atoms with Crippen LogP contribution in [0.4, 0.5) is 0 Å². The van der Waals surface area contributed by atoms with Gasteiger partial charge in [-0.15, -0.1) is 11.3 Å². The summed E-state index contributed by atoms with van der Waals surface area (Å²) >= 11 is 1.40. The molecular formula is C29H36N4O5S. The fourth-order valence-corrected chi connectivity index (χ4v) is 6.64. The minimum Gasteiger partial charge on any atom is -0.496 e. The summed E-state index contributed by atoms with van der Waals surface area (Å²) in [7, 11) is 1.58. The van der Waals surface area contributed by atoms with Gasteiger partial charge in [0.2, 0.25) is 5.89 Å². The Bertz CT molecular complexity index is 1360. The summed E-state index contributed by atoms with van der Waals surface area (Å²) in [4.78, 5) is 38.5. The zero-order valence-corrected chi connectivity index (χ0v) is 24.1. The van der Waals surface area contributed by atoms with Crippen LogP contribution in [0.25, 0.3) is 0 Å². The zero-order valence-electron chi connectivity index (χ0n) is 23.3. The van der Waals surface area contributed by atoms with Crippen molar-refractivity contribution in [1.29, 1.82) is 0 Å². The smallest absolute Gasteiger partial charge is 0.329 e. The molecule has 1 amide bonds. The maximum absolute atomic E-state index is 14.5. The molecule has 10 heteroatoms. The molecule has 2 aromatic heterocycles. The standard InChI is InChI=1S/C29H36N4O5S/c1-16(2)14-29(27(35)36)15-19(23-31-24(38-32-23)17-7-8-17)22(25-30-11-12-39-25)33(29)26(34)18-9-10-20(28(3,4)5)21(13-18)37-6/h9-13,16-17,19,22H,7-8,14-15H2,1-6H3,(H,35,36)/t19-,22-,29+/m1/s1. The monoisotopic (exact) mass is 552 g/mol. The third-order valence-electron chi connectivity index (χ3n) is 7.72. The highest BCUT2D eigenvalue weighted by Crippen LogP contribution is 2.55. The lowest BCUT2D eigenvalue weighted by atomic mass is 9.83. The molecule has 3 heterocycles. The largest absolute Gasteiger partial charge is 0.496 e. The van der Waals surface area contributed by atoms with E-state index in [1.807, 2.05) is 25.3 Å². The lowest BCUT2D eigenvalue weighted by Gasteiger charge is -2.38. The Morgan fingerprint density at radius 3 is 2.59 bits per heavy atom. The van der Waals surface area contributed by atoms with Crippen LogP contribution in [0.3, 0.4) is 0 Å². The minimum absolute atomic E-state index is 0.0113. The van der Waals surface area contributed by atoms with Crippen LogP contribution in [0.1, 0.15) is 111 Å². The van der Waals surface area contributed by atoms with Crippen LogP contribution >= 0.6 is 11.3 Å². The van der Waals surface area contributed by atoms with Crippen molar-refractivity contribution in [3.05, 3.63) is 57.6 Å². The maximum Gasteiger partial charge on any atom is 0.329 e. The lowest BCUT2D eigenvalue weighted by molar-refractivity contribution is -0.150. The third-order valence-corrected chi connectivity index (χ3v) is 8.56. The number of rotatable bonds is 8. The summed E-state index contributed by atoms with van der Waals surface area (Å²) in [6.45, 7) is 10.2. The van der Waals surface area contributed by atoms with E-state index >= 15 is 0 Å². The SMILES string of the molecule is COc1cc(C(=O)N2[C@@H](c3nccs3)[C@H](c3noc(C4CC4)n3)C[C@@]2(CC(C)C)C(=O)O)ccc1C(C)(C)C. The molecular weight excluding hydrogens is 516 g/mol. The molecule has 2 fully saturated rings. The Balaban J connectivity index is 1.67. The van der Waals surface area contributed by atoms with Gasteiger partial charge < -0.3 is 19.3 Å². The normalized spacial score (nSPS) is 23.4. The van der Waals surface area contributed by atoms with E-state index in [9.17, 15) is 14.7 Å². The van der Waals surface area contributed by atoms with Crippen molar-refractivity contribution in [2.45, 2.75) is 89.1 Å². The van der Waals surface area contributed by atoms with E-state index in [4.69, 9.17) is 14.2 Å². The average molecular weight is 553 g/mol. The molecule has 5 rings (SSSR count). The van der Waals surface area contributed by atoms with Crippen LogP contribution < -0.4 is 4.74 Å². The maximum atomic E-state index is 14.5. The number of benzene rings is 1. The van der Waals surface area contributed by atoms with Gasteiger partial charge in [0.15, 0.2) is 5.82 Å². The molecule has 9 nitrogen and oxygen atoms in total. The summed E-state index contributed by atoms with van der Waals surface area (Å²) < 4.78 is 11.3. The quantitative estimate of drug-likeness (QED) is 0.364. The molecule has 1 aromatic carbocycles. The number of hydrogen-bond acceptors (Lipinski definition) is 8. The van der Waals surface area contributed by atoms with Crippen LogP contribution in [-0.4, -0.2) is 49.7 Å². The van der Waals surface area contributed by atoms with E-state index in [-0.39, 0.29) is 36.0 Å². The second-order valence-corrected chi connectivity index (χ2v) is 13.1. The van der Waals surface area contributed by atoms with Crippen molar-refractivity contribution in [2.75, 3.05) is 7.11 Å². The molecule has 3 atom stereocenters. The average Bonchev–Trinajstić information content (AvgIpc) is 3.26. The van der Waals surface area contributed by atoms with Crippen molar-refractivity contribution < 1.29 is 24.0 Å². The number of carboxylic acid groups (broad SMARTS) is 1. The number of hydrogen-bond donors (Lipinski definition) is 1. The van der Waals surface area contributed by atoms with E-state index in [0.29, 0.717) is 28.0 Å². The molecule has 1 N–H and O–H groups in total. The van der Waals surface area contributed by atoms with Crippen LogP contribution in [0, 0.1) is 5.92 Å². The third kappa shape index (κ3) is 4.95. The summed E-state index contributed by atoms with van der Waals surface area (Å²) in [5.41, 5.74) is -0.357. The number of nitrogens with zero attached hydrogens (tertiary/aromatic N) is 4. The van der Waals surface area contributed by atoms with Gasteiger partial charge in [-0.05, 0) is 54.7 Å². The van der Waals surface area contributed by atoms with E-state index in [2.05, 4.69) is 30.9 Å². The first-order valence-corrected chi connectivity index (χ1v) is 14.3. The van der Waals surface area contributed by atoms with E-state index in [0.717, 1.165) is 18.4 Å². The topological polar surface area (TPSA) is 119 Å². The Morgan fingerprint density at radius 1 is 1.28 bits per heavy atom. The van der Waals surface area contributed by atoms with E-state index in [1.165, 1.54) is 16.2 Å². The second kappa shape index (κ2) is 10.0. The number of aromatic nitrogens is 3. The predicted octanol–water partition coefficient (Wildman–Crippen LogP) is 5.95. The van der Waals surface area contributed by atoms with Gasteiger partial charge in [-0.2, -0.15) is 4.98 Å². The highest BCUT2D eigenvalue weighted by Gasteiger charge is 2.61. The summed E-state index contributed by atoms with van der Waals surface area (Å²) in [6.07, 6.45) is 4.13. The molecule has 2 aliphatic rings. The van der Waals surface area contributed by atoms with Crippen molar-refractivity contribution >= 4 is 23.2 Å². The van der Waals surface area contributed by atoms with E-state index < -0.39 is 23.5 Å². The number of amides is 1. The first-order chi connectivity index (χ1) is 18.5. The van der Waals surface area contributed by atoms with Gasteiger partial charge in [0, 0.05) is 23.1 Å². The molecule has 1 saturated heterocycles. The first-order valence-electron chi connectivity index (χ1n) is 13.4. The minimum atomic E-state index is -1.48. The van der Waals surface area contributed by atoms with Gasteiger partial charge in [-0.25, -0.2) is 9.78 Å². The van der Waals surface area contributed by atoms with Crippen LogP contribution in [-0.2, 0) is 10.2 Å². The van der Waals surface area contributed by atoms with Crippen LogP contribution in [0.2, 0.25) is 0 Å².